The number of hydrogen-bond donors (Lipinski definition) is 0. The molecule has 1 rings (SSSR count). The second-order valence-corrected chi connectivity index (χ2v) is 3.44. The van der Waals surface area contributed by atoms with E-state index in [0.29, 0.717) is 17.6 Å². The van der Waals surface area contributed by atoms with Crippen LogP contribution in [0.5, 0.6) is 0 Å². The van der Waals surface area contributed by atoms with Gasteiger partial charge in [0, 0.05) is 5.38 Å². The molecule has 0 aromatic heterocycles. The fourth-order valence-electron chi connectivity index (χ4n) is 1.32. The molecule has 1 aliphatic heterocycles. The summed E-state index contributed by atoms with van der Waals surface area (Å²) in [7, 11) is 0. The third-order valence-electron chi connectivity index (χ3n) is 1.64. The predicted molar refractivity (Wildman–Crippen MR) is 38.9 cm³/mol. The summed E-state index contributed by atoms with van der Waals surface area (Å²) in [6.07, 6.45) is 2.73. The van der Waals surface area contributed by atoms with Crippen LogP contribution in [-0.4, -0.2) is 17.6 Å². The van der Waals surface area contributed by atoms with Crippen molar-refractivity contribution in [3.8, 4) is 0 Å². The average Bonchev–Trinajstić information content (AvgIpc) is 1.59. The average molecular weight is 149 g/mol. The van der Waals surface area contributed by atoms with E-state index in [1.54, 1.807) is 0 Å². The highest BCUT2D eigenvalue weighted by Gasteiger charge is 2.21. The first-order valence-corrected chi connectivity index (χ1v) is 3.91. The van der Waals surface area contributed by atoms with E-state index in [2.05, 4.69) is 13.8 Å². The largest absolute Gasteiger partial charge is 0.375 e. The van der Waals surface area contributed by atoms with Crippen molar-refractivity contribution in [1.29, 1.82) is 0 Å². The van der Waals surface area contributed by atoms with E-state index >= 15 is 0 Å². The molecule has 0 bridgehead atoms. The maximum absolute atomic E-state index is 5.93. The Hall–Kier alpha value is 0.250. The van der Waals surface area contributed by atoms with Gasteiger partial charge in [0.05, 0.1) is 12.2 Å². The smallest absolute Gasteiger partial charge is 0.0564 e. The van der Waals surface area contributed by atoms with E-state index in [1.165, 1.54) is 0 Å². The summed E-state index contributed by atoms with van der Waals surface area (Å²) in [6.45, 7) is 4.15. The topological polar surface area (TPSA) is 9.23 Å². The fraction of sp³-hybridized carbons (Fsp3) is 1.00. The Labute approximate surface area is 61.3 Å². The van der Waals surface area contributed by atoms with Gasteiger partial charge in [-0.05, 0) is 26.7 Å². The van der Waals surface area contributed by atoms with Crippen molar-refractivity contribution >= 4 is 11.6 Å². The van der Waals surface area contributed by atoms with Crippen molar-refractivity contribution < 1.29 is 4.74 Å². The first-order chi connectivity index (χ1) is 4.18. The summed E-state index contributed by atoms with van der Waals surface area (Å²) in [5.74, 6) is 0. The molecule has 1 heterocycles. The Bertz CT molecular complexity index is 69.9. The SMILES string of the molecule is C[C@@H]1CC(Cl)C[C@@H](C)O1. The van der Waals surface area contributed by atoms with E-state index in [0.717, 1.165) is 12.8 Å². The molecule has 0 saturated carbocycles. The highest BCUT2D eigenvalue weighted by molar-refractivity contribution is 6.20. The molecule has 0 spiro atoms. The number of alkyl halides is 1. The van der Waals surface area contributed by atoms with Crippen LogP contribution in [0.2, 0.25) is 0 Å². The molecule has 1 fully saturated rings. The summed E-state index contributed by atoms with van der Waals surface area (Å²) in [5, 5.41) is 0.337. The highest BCUT2D eigenvalue weighted by atomic mass is 35.5. The first kappa shape index (κ1) is 7.36. The van der Waals surface area contributed by atoms with E-state index in [1.807, 2.05) is 0 Å². The molecule has 0 aromatic carbocycles. The van der Waals surface area contributed by atoms with E-state index in [9.17, 15) is 0 Å². The molecule has 2 atom stereocenters. The van der Waals surface area contributed by atoms with Crippen LogP contribution in [0.3, 0.4) is 0 Å². The maximum atomic E-state index is 5.93. The number of rotatable bonds is 0. The van der Waals surface area contributed by atoms with Crippen LogP contribution < -0.4 is 0 Å². The van der Waals surface area contributed by atoms with Crippen LogP contribution in [0, 0.1) is 0 Å². The number of ether oxygens (including phenoxy) is 1. The van der Waals surface area contributed by atoms with Gasteiger partial charge in [0.1, 0.15) is 0 Å². The maximum Gasteiger partial charge on any atom is 0.0564 e. The quantitative estimate of drug-likeness (QED) is 0.479. The summed E-state index contributed by atoms with van der Waals surface area (Å²) < 4.78 is 5.47. The lowest BCUT2D eigenvalue weighted by atomic mass is 10.1. The van der Waals surface area contributed by atoms with Gasteiger partial charge in [-0.15, -0.1) is 11.6 Å². The second kappa shape index (κ2) is 2.89. The minimum atomic E-state index is 0.337. The number of hydrogen-bond acceptors (Lipinski definition) is 1. The third kappa shape index (κ3) is 2.15. The van der Waals surface area contributed by atoms with Gasteiger partial charge < -0.3 is 4.74 Å². The van der Waals surface area contributed by atoms with Crippen molar-refractivity contribution in [2.24, 2.45) is 0 Å². The van der Waals surface area contributed by atoms with Gasteiger partial charge in [-0.3, -0.25) is 0 Å². The van der Waals surface area contributed by atoms with Gasteiger partial charge in [0.2, 0.25) is 0 Å². The molecule has 1 nitrogen and oxygen atoms in total. The van der Waals surface area contributed by atoms with Gasteiger partial charge in [-0.25, -0.2) is 0 Å². The van der Waals surface area contributed by atoms with Crippen LogP contribution in [-0.2, 0) is 4.74 Å². The molecule has 0 N–H and O–H groups in total. The Morgan fingerprint density at radius 1 is 1.22 bits per heavy atom. The Morgan fingerprint density at radius 2 is 1.67 bits per heavy atom. The van der Waals surface area contributed by atoms with Crippen LogP contribution in [0.25, 0.3) is 0 Å². The van der Waals surface area contributed by atoms with Gasteiger partial charge in [0.25, 0.3) is 0 Å². The second-order valence-electron chi connectivity index (χ2n) is 2.83. The summed E-state index contributed by atoms with van der Waals surface area (Å²) in [6, 6.07) is 0. The molecule has 0 radical (unpaired) electrons. The molecule has 2 heteroatoms. The zero-order valence-corrected chi connectivity index (χ0v) is 6.69. The fourth-order valence-corrected chi connectivity index (χ4v) is 1.83. The monoisotopic (exact) mass is 148 g/mol. The van der Waals surface area contributed by atoms with Crippen molar-refractivity contribution in [2.75, 3.05) is 0 Å². The third-order valence-corrected chi connectivity index (χ3v) is 2.00. The standard InChI is InChI=1S/C7H13ClO/c1-5-3-7(8)4-6(2)9-5/h5-7H,3-4H2,1-2H3/t5-,6-/m1/s1. The molecule has 9 heavy (non-hydrogen) atoms. The number of halogens is 1. The highest BCUT2D eigenvalue weighted by Crippen LogP contribution is 2.22. The molecular weight excluding hydrogens is 136 g/mol. The lowest BCUT2D eigenvalue weighted by molar-refractivity contribution is -0.0274. The Balaban J connectivity index is 2.34. The Morgan fingerprint density at radius 3 is 2.00 bits per heavy atom. The van der Waals surface area contributed by atoms with Crippen LogP contribution in [0.1, 0.15) is 26.7 Å². The molecule has 0 aliphatic carbocycles. The molecule has 0 unspecified atom stereocenters. The van der Waals surface area contributed by atoms with E-state index < -0.39 is 0 Å². The zero-order valence-electron chi connectivity index (χ0n) is 5.93. The van der Waals surface area contributed by atoms with Gasteiger partial charge in [0.15, 0.2) is 0 Å². The summed E-state index contributed by atoms with van der Waals surface area (Å²) >= 11 is 5.93. The molecule has 0 amide bonds. The van der Waals surface area contributed by atoms with Crippen molar-refractivity contribution in [1.82, 2.24) is 0 Å². The summed E-state index contributed by atoms with van der Waals surface area (Å²) in [5.41, 5.74) is 0. The first-order valence-electron chi connectivity index (χ1n) is 3.48. The van der Waals surface area contributed by atoms with Crippen LogP contribution in [0.4, 0.5) is 0 Å². The predicted octanol–water partition coefficient (Wildman–Crippen LogP) is 2.18. The van der Waals surface area contributed by atoms with Gasteiger partial charge >= 0.3 is 0 Å². The molecule has 1 saturated heterocycles. The summed E-state index contributed by atoms with van der Waals surface area (Å²) in [4.78, 5) is 0. The van der Waals surface area contributed by atoms with Crippen LogP contribution >= 0.6 is 11.6 Å². The molecular formula is C7H13ClO. The molecule has 54 valence electrons. The van der Waals surface area contributed by atoms with Crippen molar-refractivity contribution in [3.63, 3.8) is 0 Å². The normalized spacial score (nSPS) is 45.0. The molecule has 1 aliphatic rings. The van der Waals surface area contributed by atoms with E-state index in [-0.39, 0.29) is 0 Å². The lowest BCUT2D eigenvalue weighted by Gasteiger charge is -2.28. The minimum Gasteiger partial charge on any atom is -0.375 e. The Kier molecular flexibility index (Phi) is 2.36. The van der Waals surface area contributed by atoms with Crippen molar-refractivity contribution in [2.45, 2.75) is 44.3 Å². The van der Waals surface area contributed by atoms with Gasteiger partial charge in [-0.2, -0.15) is 0 Å². The van der Waals surface area contributed by atoms with Gasteiger partial charge in [-0.1, -0.05) is 0 Å². The molecule has 0 aromatic rings. The lowest BCUT2D eigenvalue weighted by Crippen LogP contribution is -2.29. The minimum absolute atomic E-state index is 0.337. The van der Waals surface area contributed by atoms with Crippen molar-refractivity contribution in [3.05, 3.63) is 0 Å². The van der Waals surface area contributed by atoms with E-state index in [4.69, 9.17) is 16.3 Å². The zero-order chi connectivity index (χ0) is 6.85. The van der Waals surface area contributed by atoms with Crippen LogP contribution in [0.15, 0.2) is 0 Å².